The number of rotatable bonds is 11. The van der Waals surface area contributed by atoms with Crippen LogP contribution >= 0.6 is 0 Å². The van der Waals surface area contributed by atoms with Gasteiger partial charge in [-0.25, -0.2) is 4.79 Å². The van der Waals surface area contributed by atoms with Crippen LogP contribution in [0.2, 0.25) is 0 Å². The Kier molecular flexibility index (Phi) is 10.3. The largest absolute Gasteiger partial charge is 0.497 e. The van der Waals surface area contributed by atoms with Gasteiger partial charge in [0.2, 0.25) is 0 Å². The Bertz CT molecular complexity index is 657. The second-order valence-electron chi connectivity index (χ2n) is 7.43. The number of carbonyl (C=O) groups is 2. The van der Waals surface area contributed by atoms with E-state index in [1.165, 1.54) is 0 Å². The van der Waals surface area contributed by atoms with Crippen molar-refractivity contribution in [1.29, 1.82) is 0 Å². The summed E-state index contributed by atoms with van der Waals surface area (Å²) in [4.78, 5) is 24.0. The summed E-state index contributed by atoms with van der Waals surface area (Å²) in [6.45, 7) is 8.32. The average molecular weight is 411 g/mol. The maximum atomic E-state index is 12.3. The van der Waals surface area contributed by atoms with Gasteiger partial charge in [0.1, 0.15) is 23.1 Å². The zero-order valence-electron chi connectivity index (χ0n) is 18.3. The fourth-order valence-electron chi connectivity index (χ4n) is 2.59. The quantitative estimate of drug-likeness (QED) is 0.428. The van der Waals surface area contributed by atoms with Crippen molar-refractivity contribution in [1.82, 2.24) is 10.6 Å². The number of methoxy groups -OCH3 is 2. The van der Waals surface area contributed by atoms with Gasteiger partial charge in [0.15, 0.2) is 0 Å². The predicted molar refractivity (Wildman–Crippen MR) is 110 cm³/mol. The molecule has 29 heavy (non-hydrogen) atoms. The lowest BCUT2D eigenvalue weighted by Gasteiger charge is -2.20. The number of esters is 1. The molecule has 0 saturated carbocycles. The van der Waals surface area contributed by atoms with E-state index in [4.69, 9.17) is 18.9 Å². The highest BCUT2D eigenvalue weighted by Gasteiger charge is 2.20. The molecule has 0 aromatic heterocycles. The highest BCUT2D eigenvalue weighted by molar-refractivity contribution is 5.75. The van der Waals surface area contributed by atoms with Crippen molar-refractivity contribution in [2.24, 2.45) is 0 Å². The molecule has 0 saturated heterocycles. The fourth-order valence-corrected chi connectivity index (χ4v) is 2.59. The molecule has 0 aliphatic heterocycles. The lowest BCUT2D eigenvalue weighted by atomic mass is 10.1. The first-order chi connectivity index (χ1) is 13.7. The number of amides is 1. The lowest BCUT2D eigenvalue weighted by molar-refractivity contribution is -0.145. The molecule has 0 spiro atoms. The summed E-state index contributed by atoms with van der Waals surface area (Å²) in [5.41, 5.74) is 0.353. The molecule has 1 amide bonds. The Labute approximate surface area is 173 Å². The van der Waals surface area contributed by atoms with Crippen molar-refractivity contribution in [2.75, 3.05) is 27.4 Å². The molecule has 0 aliphatic rings. The molecule has 1 aromatic rings. The lowest BCUT2D eigenvalue weighted by Crippen LogP contribution is -2.39. The van der Waals surface area contributed by atoms with Gasteiger partial charge in [0, 0.05) is 24.7 Å². The first-order valence-corrected chi connectivity index (χ1v) is 9.78. The molecule has 2 N–H and O–H groups in total. The third-order valence-corrected chi connectivity index (χ3v) is 3.94. The Morgan fingerprint density at radius 2 is 1.86 bits per heavy atom. The maximum Gasteiger partial charge on any atom is 0.407 e. The van der Waals surface area contributed by atoms with Gasteiger partial charge in [-0.3, -0.25) is 4.79 Å². The van der Waals surface area contributed by atoms with Gasteiger partial charge in [-0.15, -0.1) is 0 Å². The van der Waals surface area contributed by atoms with Crippen molar-refractivity contribution in [3.8, 4) is 11.5 Å². The molecule has 8 heteroatoms. The molecule has 1 rings (SSSR count). The summed E-state index contributed by atoms with van der Waals surface area (Å²) in [5, 5.41) is 5.92. The van der Waals surface area contributed by atoms with Crippen LogP contribution < -0.4 is 20.1 Å². The molecular weight excluding hydrogens is 376 g/mol. The Morgan fingerprint density at radius 1 is 1.14 bits per heavy atom. The highest BCUT2D eigenvalue weighted by atomic mass is 16.6. The molecule has 8 nitrogen and oxygen atoms in total. The molecule has 1 unspecified atom stereocenters. The first-order valence-electron chi connectivity index (χ1n) is 9.78. The second kappa shape index (κ2) is 12.2. The Morgan fingerprint density at radius 3 is 2.45 bits per heavy atom. The van der Waals surface area contributed by atoms with E-state index >= 15 is 0 Å². The maximum absolute atomic E-state index is 12.3. The van der Waals surface area contributed by atoms with E-state index in [0.717, 1.165) is 5.56 Å². The van der Waals surface area contributed by atoms with Crippen LogP contribution in [-0.2, 0) is 20.8 Å². The molecule has 0 heterocycles. The molecule has 0 radical (unpaired) electrons. The minimum absolute atomic E-state index is 0.305. The number of hydrogen-bond donors (Lipinski definition) is 2. The van der Waals surface area contributed by atoms with Gasteiger partial charge < -0.3 is 29.6 Å². The smallest absolute Gasteiger partial charge is 0.407 e. The zero-order valence-corrected chi connectivity index (χ0v) is 18.3. The van der Waals surface area contributed by atoms with Gasteiger partial charge in [0.25, 0.3) is 0 Å². The van der Waals surface area contributed by atoms with Gasteiger partial charge in [-0.1, -0.05) is 6.07 Å². The molecule has 164 valence electrons. The molecule has 0 aliphatic carbocycles. The topological polar surface area (TPSA) is 95.1 Å². The minimum atomic E-state index is -0.545. The third-order valence-electron chi connectivity index (χ3n) is 3.94. The number of hydrogen-bond acceptors (Lipinski definition) is 7. The number of nitrogens with one attached hydrogen (secondary N) is 2. The molecule has 0 fully saturated rings. The van der Waals surface area contributed by atoms with Crippen molar-refractivity contribution in [3.05, 3.63) is 23.8 Å². The van der Waals surface area contributed by atoms with Crippen LogP contribution in [0.25, 0.3) is 0 Å². The van der Waals surface area contributed by atoms with Crippen LogP contribution in [-0.4, -0.2) is 51.1 Å². The van der Waals surface area contributed by atoms with Crippen LogP contribution in [0.1, 0.15) is 46.1 Å². The van der Waals surface area contributed by atoms with Crippen LogP contribution in [0.3, 0.4) is 0 Å². The Hall–Kier alpha value is -2.48. The SMILES string of the molecule is CCOC(=O)C(CCCNC(=O)OC(C)(C)C)NCc1ccc(OC)cc1OC. The summed E-state index contributed by atoms with van der Waals surface area (Å²) in [5.74, 6) is 1.05. The second-order valence-corrected chi connectivity index (χ2v) is 7.43. The molecule has 1 atom stereocenters. The van der Waals surface area contributed by atoms with Crippen LogP contribution in [0.5, 0.6) is 11.5 Å². The normalized spacial score (nSPS) is 12.1. The third kappa shape index (κ3) is 9.51. The summed E-state index contributed by atoms with van der Waals surface area (Å²) in [6.07, 6.45) is 0.629. The summed E-state index contributed by atoms with van der Waals surface area (Å²) in [7, 11) is 3.18. The number of benzene rings is 1. The van der Waals surface area contributed by atoms with E-state index in [0.29, 0.717) is 44.0 Å². The minimum Gasteiger partial charge on any atom is -0.497 e. The summed E-state index contributed by atoms with van der Waals surface area (Å²) < 4.78 is 21.0. The van der Waals surface area contributed by atoms with Crippen molar-refractivity contribution >= 4 is 12.1 Å². The fraction of sp³-hybridized carbons (Fsp3) is 0.619. The molecule has 1 aromatic carbocycles. The van der Waals surface area contributed by atoms with E-state index in [1.807, 2.05) is 12.1 Å². The van der Waals surface area contributed by atoms with Crippen molar-refractivity contribution < 1.29 is 28.5 Å². The van der Waals surface area contributed by atoms with Crippen molar-refractivity contribution in [3.63, 3.8) is 0 Å². The van der Waals surface area contributed by atoms with Gasteiger partial charge >= 0.3 is 12.1 Å². The number of ether oxygens (including phenoxy) is 4. The van der Waals surface area contributed by atoms with E-state index in [2.05, 4.69) is 10.6 Å². The summed E-state index contributed by atoms with van der Waals surface area (Å²) >= 11 is 0. The Balaban J connectivity index is 2.61. The predicted octanol–water partition coefficient (Wildman–Crippen LogP) is 3.03. The van der Waals surface area contributed by atoms with Crippen LogP contribution in [0.4, 0.5) is 4.79 Å². The van der Waals surface area contributed by atoms with E-state index in [1.54, 1.807) is 48.0 Å². The summed E-state index contributed by atoms with van der Waals surface area (Å²) in [6, 6.07) is 5.02. The van der Waals surface area contributed by atoms with Gasteiger partial charge in [-0.05, 0) is 46.6 Å². The van der Waals surface area contributed by atoms with Crippen LogP contribution in [0, 0.1) is 0 Å². The van der Waals surface area contributed by atoms with E-state index in [-0.39, 0.29) is 5.97 Å². The van der Waals surface area contributed by atoms with E-state index < -0.39 is 17.7 Å². The molecular formula is C21H34N2O6. The van der Waals surface area contributed by atoms with Gasteiger partial charge in [0.05, 0.1) is 20.8 Å². The monoisotopic (exact) mass is 410 g/mol. The first kappa shape index (κ1) is 24.6. The zero-order chi connectivity index (χ0) is 21.9. The van der Waals surface area contributed by atoms with Crippen molar-refractivity contribution in [2.45, 2.75) is 58.7 Å². The highest BCUT2D eigenvalue weighted by Crippen LogP contribution is 2.24. The number of alkyl carbamates (subject to hydrolysis) is 1. The van der Waals surface area contributed by atoms with E-state index in [9.17, 15) is 9.59 Å². The van der Waals surface area contributed by atoms with Gasteiger partial charge in [-0.2, -0.15) is 0 Å². The standard InChI is InChI=1S/C21H34N2O6/c1-7-28-19(24)17(9-8-12-22-20(25)29-21(2,3)4)23-14-15-10-11-16(26-5)13-18(15)27-6/h10-11,13,17,23H,7-9,12,14H2,1-6H3,(H,22,25). The number of carbonyl (C=O) groups excluding carboxylic acids is 2. The van der Waals surface area contributed by atoms with Crippen LogP contribution in [0.15, 0.2) is 18.2 Å². The molecule has 0 bridgehead atoms. The average Bonchev–Trinajstić information content (AvgIpc) is 2.66.